The molecule has 21 heavy (non-hydrogen) atoms. The van der Waals surface area contributed by atoms with Gasteiger partial charge < -0.3 is 4.98 Å². The van der Waals surface area contributed by atoms with Crippen LogP contribution in [0, 0.1) is 11.7 Å². The maximum atomic E-state index is 12.4. The number of amides is 1. The summed E-state index contributed by atoms with van der Waals surface area (Å²) in [6, 6.07) is 10.6. The highest BCUT2D eigenvalue weighted by molar-refractivity contribution is 7.71. The van der Waals surface area contributed by atoms with E-state index in [1.165, 1.54) is 11.3 Å². The van der Waals surface area contributed by atoms with Crippen LogP contribution in [0.15, 0.2) is 41.2 Å². The second kappa shape index (κ2) is 5.27. The van der Waals surface area contributed by atoms with Crippen LogP contribution in [0.25, 0.3) is 10.9 Å². The summed E-state index contributed by atoms with van der Waals surface area (Å²) in [4.78, 5) is 29.0. The Balaban J connectivity index is 2.07. The first kappa shape index (κ1) is 13.7. The van der Waals surface area contributed by atoms with Crippen molar-refractivity contribution < 1.29 is 4.79 Å². The van der Waals surface area contributed by atoms with Gasteiger partial charge in [-0.3, -0.25) is 15.0 Å². The Morgan fingerprint density at radius 1 is 1.29 bits per heavy atom. The third kappa shape index (κ3) is 2.53. The number of nitrogens with zero attached hydrogens (tertiary/aromatic N) is 1. The molecular weight excluding hydrogens is 306 g/mol. The number of benzene rings is 1. The first-order valence-corrected chi connectivity index (χ1v) is 7.40. The van der Waals surface area contributed by atoms with Crippen LogP contribution in [-0.2, 0) is 0 Å². The Hall–Kier alpha value is -2.25. The lowest BCUT2D eigenvalue weighted by Crippen LogP contribution is -2.34. The monoisotopic (exact) mass is 317 g/mol. The van der Waals surface area contributed by atoms with E-state index in [2.05, 4.69) is 10.4 Å². The third-order valence-corrected chi connectivity index (χ3v) is 4.27. The number of fused-ring (bicyclic) bond motifs is 1. The van der Waals surface area contributed by atoms with Crippen molar-refractivity contribution in [1.29, 1.82) is 0 Å². The number of hydrogen-bond acceptors (Lipinski definition) is 4. The highest BCUT2D eigenvalue weighted by Crippen LogP contribution is 2.15. The number of para-hydroxylation sites is 1. The van der Waals surface area contributed by atoms with E-state index < -0.39 is 0 Å². The highest BCUT2D eigenvalue weighted by Gasteiger charge is 2.11. The molecule has 0 aliphatic rings. The number of aromatic amines is 1. The van der Waals surface area contributed by atoms with Crippen LogP contribution < -0.4 is 11.0 Å². The molecule has 0 saturated carbocycles. The fourth-order valence-corrected chi connectivity index (χ4v) is 2.97. The molecule has 0 aliphatic heterocycles. The van der Waals surface area contributed by atoms with Crippen molar-refractivity contribution in [3.63, 3.8) is 0 Å². The molecule has 0 atom stereocenters. The van der Waals surface area contributed by atoms with Crippen molar-refractivity contribution in [3.05, 3.63) is 61.3 Å². The fraction of sp³-hybridized carbons (Fsp3) is 0.0714. The number of thiophene rings is 1. The summed E-state index contributed by atoms with van der Waals surface area (Å²) in [5, 5.41) is 0.466. The standard InChI is InChI=1S/C14H11N3O2S2/c1-8-6-7-11(21-8)12(18)16-17-13(19)9-4-2-3-5-10(9)15-14(17)20/h2-7H,1H3,(H,15,20)(H,16,18). The molecule has 0 spiro atoms. The van der Waals surface area contributed by atoms with Crippen LogP contribution in [0.5, 0.6) is 0 Å². The lowest BCUT2D eigenvalue weighted by molar-refractivity contribution is 0.101. The van der Waals surface area contributed by atoms with E-state index in [-0.39, 0.29) is 16.2 Å². The van der Waals surface area contributed by atoms with Gasteiger partial charge in [-0.1, -0.05) is 12.1 Å². The number of nitrogens with one attached hydrogen (secondary N) is 2. The molecule has 0 radical (unpaired) electrons. The summed E-state index contributed by atoms with van der Waals surface area (Å²) in [7, 11) is 0. The van der Waals surface area contributed by atoms with Crippen molar-refractivity contribution >= 4 is 40.4 Å². The van der Waals surface area contributed by atoms with Crippen LogP contribution in [0.1, 0.15) is 14.5 Å². The Labute approximate surface area is 128 Å². The zero-order valence-corrected chi connectivity index (χ0v) is 12.7. The van der Waals surface area contributed by atoms with E-state index in [4.69, 9.17) is 12.2 Å². The average Bonchev–Trinajstić information content (AvgIpc) is 2.90. The van der Waals surface area contributed by atoms with E-state index in [0.717, 1.165) is 9.55 Å². The largest absolute Gasteiger partial charge is 0.330 e. The summed E-state index contributed by atoms with van der Waals surface area (Å²) in [6.45, 7) is 1.91. The SMILES string of the molecule is Cc1ccc(C(=O)Nn2c(=S)[nH]c3ccccc3c2=O)s1. The first-order chi connectivity index (χ1) is 10.1. The summed E-state index contributed by atoms with van der Waals surface area (Å²) in [5.41, 5.74) is 2.83. The minimum absolute atomic E-state index is 0.153. The summed E-state index contributed by atoms with van der Waals surface area (Å²) in [5.74, 6) is -0.356. The van der Waals surface area contributed by atoms with E-state index in [1.54, 1.807) is 24.3 Å². The molecule has 2 heterocycles. The van der Waals surface area contributed by atoms with E-state index >= 15 is 0 Å². The van der Waals surface area contributed by atoms with Crippen LogP contribution in [-0.4, -0.2) is 15.6 Å². The van der Waals surface area contributed by atoms with Gasteiger partial charge in [0.1, 0.15) is 0 Å². The van der Waals surface area contributed by atoms with E-state index in [0.29, 0.717) is 15.8 Å². The quantitative estimate of drug-likeness (QED) is 0.714. The molecule has 3 aromatic rings. The first-order valence-electron chi connectivity index (χ1n) is 6.18. The Morgan fingerprint density at radius 2 is 2.05 bits per heavy atom. The summed E-state index contributed by atoms with van der Waals surface area (Å²) in [6.07, 6.45) is 0. The lowest BCUT2D eigenvalue weighted by Gasteiger charge is -2.08. The molecule has 0 fully saturated rings. The minimum Gasteiger partial charge on any atom is -0.330 e. The molecular formula is C14H11N3O2S2. The summed E-state index contributed by atoms with van der Waals surface area (Å²) >= 11 is 6.50. The van der Waals surface area contributed by atoms with E-state index in [9.17, 15) is 9.59 Å². The molecule has 0 unspecified atom stereocenters. The Kier molecular flexibility index (Phi) is 3.44. The molecule has 2 N–H and O–H groups in total. The average molecular weight is 317 g/mol. The fourth-order valence-electron chi connectivity index (χ4n) is 1.98. The van der Waals surface area contributed by atoms with Gasteiger partial charge in [-0.25, -0.2) is 0 Å². The van der Waals surface area contributed by atoms with Crippen molar-refractivity contribution in [3.8, 4) is 0 Å². The molecule has 1 amide bonds. The van der Waals surface area contributed by atoms with Gasteiger partial charge in [0.2, 0.25) is 0 Å². The zero-order chi connectivity index (χ0) is 15.0. The van der Waals surface area contributed by atoms with Gasteiger partial charge in [0.25, 0.3) is 11.5 Å². The van der Waals surface area contributed by atoms with Crippen LogP contribution >= 0.6 is 23.6 Å². The van der Waals surface area contributed by atoms with Crippen molar-refractivity contribution in [2.45, 2.75) is 6.92 Å². The van der Waals surface area contributed by atoms with Gasteiger partial charge in [-0.05, 0) is 43.4 Å². The van der Waals surface area contributed by atoms with Gasteiger partial charge in [-0.15, -0.1) is 11.3 Å². The smallest absolute Gasteiger partial charge is 0.281 e. The van der Waals surface area contributed by atoms with Gasteiger partial charge in [0.15, 0.2) is 4.77 Å². The number of H-pyrrole nitrogens is 1. The van der Waals surface area contributed by atoms with Crippen LogP contribution in [0.2, 0.25) is 0 Å². The predicted molar refractivity (Wildman–Crippen MR) is 86.1 cm³/mol. The zero-order valence-electron chi connectivity index (χ0n) is 11.0. The van der Waals surface area contributed by atoms with Gasteiger partial charge in [-0.2, -0.15) is 4.68 Å². The second-order valence-electron chi connectivity index (χ2n) is 4.47. The third-order valence-electron chi connectivity index (χ3n) is 2.98. The molecule has 2 aromatic heterocycles. The van der Waals surface area contributed by atoms with Crippen LogP contribution in [0.4, 0.5) is 0 Å². The lowest BCUT2D eigenvalue weighted by atomic mass is 10.2. The minimum atomic E-state index is -0.356. The number of rotatable bonds is 2. The molecule has 106 valence electrons. The summed E-state index contributed by atoms with van der Waals surface area (Å²) < 4.78 is 1.22. The molecule has 7 heteroatoms. The Bertz CT molecular complexity index is 952. The van der Waals surface area contributed by atoms with E-state index in [1.807, 2.05) is 19.1 Å². The van der Waals surface area contributed by atoms with Crippen molar-refractivity contribution in [2.24, 2.45) is 0 Å². The number of carbonyl (C=O) groups excluding carboxylic acids is 1. The molecule has 0 aliphatic carbocycles. The maximum Gasteiger partial charge on any atom is 0.281 e. The van der Waals surface area contributed by atoms with Gasteiger partial charge in [0.05, 0.1) is 15.8 Å². The number of aromatic nitrogens is 2. The van der Waals surface area contributed by atoms with Crippen LogP contribution in [0.3, 0.4) is 0 Å². The Morgan fingerprint density at radius 3 is 2.76 bits per heavy atom. The maximum absolute atomic E-state index is 12.4. The topological polar surface area (TPSA) is 66.9 Å². The number of hydrogen-bond donors (Lipinski definition) is 2. The molecule has 3 rings (SSSR count). The normalized spacial score (nSPS) is 10.7. The van der Waals surface area contributed by atoms with Gasteiger partial charge >= 0.3 is 0 Å². The van der Waals surface area contributed by atoms with Gasteiger partial charge in [0, 0.05) is 4.88 Å². The predicted octanol–water partition coefficient (Wildman–Crippen LogP) is 2.81. The number of carbonyl (C=O) groups is 1. The van der Waals surface area contributed by atoms with Crippen molar-refractivity contribution in [1.82, 2.24) is 9.66 Å². The molecule has 1 aromatic carbocycles. The second-order valence-corrected chi connectivity index (χ2v) is 6.14. The molecule has 0 saturated heterocycles. The van der Waals surface area contributed by atoms with Crippen molar-refractivity contribution in [2.75, 3.05) is 5.43 Å². The highest BCUT2D eigenvalue weighted by atomic mass is 32.1. The molecule has 0 bridgehead atoms. The number of aryl methyl sites for hydroxylation is 1. The molecule has 5 nitrogen and oxygen atoms in total.